The lowest BCUT2D eigenvalue weighted by Gasteiger charge is -2.13. The average Bonchev–Trinajstić information content (AvgIpc) is 2.45. The van der Waals surface area contributed by atoms with Gasteiger partial charge in [-0.25, -0.2) is 10.1 Å². The fraction of sp³-hybridized carbons (Fsp3) is 0.0833. The molecule has 106 valence electrons. The van der Waals surface area contributed by atoms with E-state index < -0.39 is 23.3 Å². The molecule has 0 unspecified atom stereocenters. The van der Waals surface area contributed by atoms with Gasteiger partial charge in [-0.15, -0.1) is 4.33 Å². The highest BCUT2D eigenvalue weighted by Crippen LogP contribution is 2.33. The number of ether oxygens (including phenoxy) is 1. The molecule has 2 rings (SSSR count). The molecule has 0 aliphatic heterocycles. The van der Waals surface area contributed by atoms with Crippen molar-refractivity contribution in [2.45, 2.75) is 5.25 Å². The first-order valence-electron chi connectivity index (χ1n) is 5.28. The standard InChI is InChI=1S/C12H8F2O5S/c13-12(14,20-19-18-16)11(15)17-10-7-3-5-8-4-1-2-6-9(8)10/h1-7,16H. The number of alkyl halides is 2. The van der Waals surface area contributed by atoms with E-state index in [1.165, 1.54) is 6.07 Å². The summed E-state index contributed by atoms with van der Waals surface area (Å²) >= 11 is -0.669. The molecule has 2 aromatic carbocycles. The second-order valence-corrected chi connectivity index (χ2v) is 4.42. The van der Waals surface area contributed by atoms with Gasteiger partial charge in [-0.05, 0) is 11.5 Å². The molecule has 0 aliphatic carbocycles. The minimum absolute atomic E-state index is 0.00158. The number of fused-ring (bicyclic) bond motifs is 1. The predicted octanol–water partition coefficient (Wildman–Crippen LogP) is 3.41. The first kappa shape index (κ1) is 14.7. The Kier molecular flexibility index (Phi) is 4.50. The molecule has 0 spiro atoms. The van der Waals surface area contributed by atoms with Crippen LogP contribution in [0.4, 0.5) is 8.78 Å². The SMILES string of the molecule is O=C(Oc1cccc2ccccc12)C(F)(F)SOOO. The third-order valence-corrected chi connectivity index (χ3v) is 2.86. The third-order valence-electron chi connectivity index (χ3n) is 2.36. The van der Waals surface area contributed by atoms with E-state index in [4.69, 9.17) is 5.26 Å². The van der Waals surface area contributed by atoms with E-state index in [-0.39, 0.29) is 5.75 Å². The zero-order chi connectivity index (χ0) is 14.6. The van der Waals surface area contributed by atoms with Gasteiger partial charge in [0.1, 0.15) is 17.8 Å². The lowest BCUT2D eigenvalue weighted by atomic mass is 10.1. The van der Waals surface area contributed by atoms with Gasteiger partial charge in [0.25, 0.3) is 0 Å². The van der Waals surface area contributed by atoms with Gasteiger partial charge in [0.15, 0.2) is 0 Å². The minimum Gasteiger partial charge on any atom is -0.421 e. The summed E-state index contributed by atoms with van der Waals surface area (Å²) < 4.78 is 34.8. The van der Waals surface area contributed by atoms with Crippen LogP contribution in [0.3, 0.4) is 0 Å². The first-order chi connectivity index (χ1) is 9.54. The molecule has 0 radical (unpaired) electrons. The van der Waals surface area contributed by atoms with E-state index in [9.17, 15) is 13.6 Å². The Morgan fingerprint density at radius 3 is 2.60 bits per heavy atom. The zero-order valence-electron chi connectivity index (χ0n) is 9.79. The molecule has 1 N–H and O–H groups in total. The van der Waals surface area contributed by atoms with Crippen LogP contribution in [0.15, 0.2) is 42.5 Å². The Morgan fingerprint density at radius 2 is 1.85 bits per heavy atom. The van der Waals surface area contributed by atoms with Crippen molar-refractivity contribution < 1.29 is 32.9 Å². The van der Waals surface area contributed by atoms with Gasteiger partial charge in [0.2, 0.25) is 0 Å². The normalized spacial score (nSPS) is 11.6. The van der Waals surface area contributed by atoms with Crippen molar-refractivity contribution in [1.29, 1.82) is 0 Å². The number of hydrogen-bond acceptors (Lipinski definition) is 6. The van der Waals surface area contributed by atoms with Crippen molar-refractivity contribution in [2.24, 2.45) is 0 Å². The van der Waals surface area contributed by atoms with Gasteiger partial charge in [0, 0.05) is 5.39 Å². The highest BCUT2D eigenvalue weighted by Gasteiger charge is 2.44. The Balaban J connectivity index is 2.22. The highest BCUT2D eigenvalue weighted by molar-refractivity contribution is 7.96. The van der Waals surface area contributed by atoms with Gasteiger partial charge >= 0.3 is 11.2 Å². The van der Waals surface area contributed by atoms with Crippen LogP contribution in [-0.4, -0.2) is 16.5 Å². The maximum Gasteiger partial charge on any atom is 0.416 e. The molecule has 8 heteroatoms. The largest absolute Gasteiger partial charge is 0.421 e. The minimum atomic E-state index is -4.03. The van der Waals surface area contributed by atoms with Crippen LogP contribution in [0.1, 0.15) is 0 Å². The van der Waals surface area contributed by atoms with Crippen molar-refractivity contribution >= 4 is 28.8 Å². The molecule has 0 saturated carbocycles. The van der Waals surface area contributed by atoms with Crippen LogP contribution in [0.5, 0.6) is 5.75 Å². The van der Waals surface area contributed by atoms with E-state index in [2.05, 4.69) is 14.1 Å². The summed E-state index contributed by atoms with van der Waals surface area (Å²) in [5.74, 6) is -1.84. The zero-order valence-corrected chi connectivity index (χ0v) is 10.6. The fourth-order valence-corrected chi connectivity index (χ4v) is 1.76. The summed E-state index contributed by atoms with van der Waals surface area (Å²) in [6, 6.07) is 11.6. The van der Waals surface area contributed by atoms with Gasteiger partial charge in [-0.2, -0.15) is 8.78 Å². The first-order valence-corrected chi connectivity index (χ1v) is 6.02. The van der Waals surface area contributed by atoms with E-state index in [1.807, 2.05) is 0 Å². The van der Waals surface area contributed by atoms with Crippen LogP contribution in [0.25, 0.3) is 10.8 Å². The molecular weight excluding hydrogens is 294 g/mol. The molecule has 0 bridgehead atoms. The maximum atomic E-state index is 13.3. The quantitative estimate of drug-likeness (QED) is 0.300. The molecule has 0 heterocycles. The third kappa shape index (κ3) is 3.23. The van der Waals surface area contributed by atoms with Crippen molar-refractivity contribution in [1.82, 2.24) is 0 Å². The van der Waals surface area contributed by atoms with Crippen LogP contribution >= 0.6 is 12.0 Å². The molecule has 2 aromatic rings. The molecular formula is C12H8F2O5S. The second kappa shape index (κ2) is 6.14. The molecule has 5 nitrogen and oxygen atoms in total. The van der Waals surface area contributed by atoms with E-state index in [0.717, 1.165) is 5.39 Å². The summed E-state index contributed by atoms with van der Waals surface area (Å²) in [6.45, 7) is 0. The van der Waals surface area contributed by atoms with Crippen molar-refractivity contribution in [3.63, 3.8) is 0 Å². The maximum absolute atomic E-state index is 13.3. The highest BCUT2D eigenvalue weighted by atomic mass is 32.2. The van der Waals surface area contributed by atoms with Crippen LogP contribution < -0.4 is 4.74 Å². The number of carbonyl (C=O) groups is 1. The van der Waals surface area contributed by atoms with Crippen molar-refractivity contribution in [2.75, 3.05) is 0 Å². The number of halogens is 2. The Hall–Kier alpha value is -1.74. The number of carbonyl (C=O) groups excluding carboxylic acids is 1. The summed E-state index contributed by atoms with van der Waals surface area (Å²) in [7, 11) is 0. The summed E-state index contributed by atoms with van der Waals surface area (Å²) in [4.78, 5) is 11.4. The van der Waals surface area contributed by atoms with Crippen LogP contribution in [0, 0.1) is 0 Å². The van der Waals surface area contributed by atoms with Crippen LogP contribution in [0.2, 0.25) is 0 Å². The molecule has 20 heavy (non-hydrogen) atoms. The Bertz CT molecular complexity index is 614. The molecule has 0 aromatic heterocycles. The lowest BCUT2D eigenvalue weighted by molar-refractivity contribution is -0.433. The fourth-order valence-electron chi connectivity index (χ4n) is 1.54. The number of benzene rings is 2. The molecule has 0 aliphatic rings. The lowest BCUT2D eigenvalue weighted by Crippen LogP contribution is -2.30. The predicted molar refractivity (Wildman–Crippen MR) is 66.9 cm³/mol. The molecule has 0 fully saturated rings. The monoisotopic (exact) mass is 302 g/mol. The second-order valence-electron chi connectivity index (χ2n) is 3.61. The van der Waals surface area contributed by atoms with Gasteiger partial charge in [-0.3, -0.25) is 0 Å². The van der Waals surface area contributed by atoms with E-state index >= 15 is 0 Å². The van der Waals surface area contributed by atoms with Gasteiger partial charge < -0.3 is 4.74 Å². The van der Waals surface area contributed by atoms with Crippen molar-refractivity contribution in [3.05, 3.63) is 42.5 Å². The summed E-state index contributed by atoms with van der Waals surface area (Å²) in [5, 5.41) is 8.07. The van der Waals surface area contributed by atoms with Crippen molar-refractivity contribution in [3.8, 4) is 5.75 Å². The Labute approximate surface area is 116 Å². The smallest absolute Gasteiger partial charge is 0.416 e. The summed E-state index contributed by atoms with van der Waals surface area (Å²) in [5.41, 5.74) is 0. The number of hydrogen-bond donors (Lipinski definition) is 1. The van der Waals surface area contributed by atoms with E-state index in [0.29, 0.717) is 5.39 Å². The number of rotatable bonds is 5. The number of esters is 1. The molecule has 0 amide bonds. The van der Waals surface area contributed by atoms with E-state index in [1.54, 1.807) is 36.4 Å². The topological polar surface area (TPSA) is 65.0 Å². The van der Waals surface area contributed by atoms with Crippen LogP contribution in [-0.2, 0) is 14.2 Å². The molecule has 0 saturated heterocycles. The summed E-state index contributed by atoms with van der Waals surface area (Å²) in [6.07, 6.45) is 0. The molecule has 0 atom stereocenters. The van der Waals surface area contributed by atoms with Gasteiger partial charge in [-0.1, -0.05) is 41.4 Å². The Morgan fingerprint density at radius 1 is 1.15 bits per heavy atom. The average molecular weight is 302 g/mol. The van der Waals surface area contributed by atoms with Gasteiger partial charge in [0.05, 0.1) is 0 Å².